The fraction of sp³-hybridized carbons (Fsp3) is 0.588. The van der Waals surface area contributed by atoms with E-state index in [1.807, 2.05) is 0 Å². The Labute approximate surface area is 149 Å². The molecule has 1 aromatic rings. The predicted octanol–water partition coefficient (Wildman–Crippen LogP) is 3.89. The van der Waals surface area contributed by atoms with Crippen molar-refractivity contribution in [1.29, 1.82) is 0 Å². The third-order valence-electron chi connectivity index (χ3n) is 4.49. The summed E-state index contributed by atoms with van der Waals surface area (Å²) in [6.07, 6.45) is 5.04. The Bertz CT molecular complexity index is 681. The molecule has 7 heteroatoms. The molecule has 1 N–H and O–H groups in total. The summed E-state index contributed by atoms with van der Waals surface area (Å²) >= 11 is 6.09. The van der Waals surface area contributed by atoms with Gasteiger partial charge in [0.15, 0.2) is 0 Å². The molecule has 1 amide bonds. The van der Waals surface area contributed by atoms with Crippen LogP contribution in [-0.2, 0) is 14.8 Å². The summed E-state index contributed by atoms with van der Waals surface area (Å²) in [5.41, 5.74) is 0.466. The first kappa shape index (κ1) is 19.2. The van der Waals surface area contributed by atoms with Crippen LogP contribution in [0.4, 0.5) is 5.69 Å². The summed E-state index contributed by atoms with van der Waals surface area (Å²) in [6.45, 7) is 4.30. The van der Waals surface area contributed by atoms with Crippen molar-refractivity contribution in [2.45, 2.75) is 50.8 Å². The van der Waals surface area contributed by atoms with Crippen molar-refractivity contribution in [3.05, 3.63) is 23.2 Å². The van der Waals surface area contributed by atoms with E-state index in [0.717, 1.165) is 12.8 Å². The maximum atomic E-state index is 12.7. The maximum absolute atomic E-state index is 12.7. The van der Waals surface area contributed by atoms with E-state index in [2.05, 4.69) is 5.32 Å². The molecule has 0 bridgehead atoms. The number of nitrogens with one attached hydrogen (secondary N) is 1. The molecule has 0 spiro atoms. The van der Waals surface area contributed by atoms with E-state index in [1.54, 1.807) is 19.9 Å². The fourth-order valence-corrected chi connectivity index (χ4v) is 5.13. The van der Waals surface area contributed by atoms with Gasteiger partial charge in [0.1, 0.15) is 4.90 Å². The van der Waals surface area contributed by atoms with Gasteiger partial charge in [-0.1, -0.05) is 38.3 Å². The number of rotatable bonds is 7. The molecule has 0 aliphatic heterocycles. The van der Waals surface area contributed by atoms with Crippen LogP contribution in [0.25, 0.3) is 0 Å². The molecule has 2 rings (SSSR count). The fourth-order valence-electron chi connectivity index (χ4n) is 3.17. The van der Waals surface area contributed by atoms with Crippen LogP contribution in [-0.4, -0.2) is 31.7 Å². The molecule has 134 valence electrons. The molecule has 1 fully saturated rings. The second-order valence-electron chi connectivity index (χ2n) is 6.14. The van der Waals surface area contributed by atoms with Crippen LogP contribution >= 0.6 is 11.6 Å². The molecule has 1 aromatic carbocycles. The highest BCUT2D eigenvalue weighted by Crippen LogP contribution is 2.30. The highest BCUT2D eigenvalue weighted by molar-refractivity contribution is 7.89. The Morgan fingerprint density at radius 3 is 2.46 bits per heavy atom. The van der Waals surface area contributed by atoms with Gasteiger partial charge in [0, 0.05) is 25.2 Å². The molecule has 1 saturated carbocycles. The lowest BCUT2D eigenvalue weighted by atomic mass is 10.0. The zero-order valence-corrected chi connectivity index (χ0v) is 15.8. The summed E-state index contributed by atoms with van der Waals surface area (Å²) in [5, 5.41) is 2.97. The summed E-state index contributed by atoms with van der Waals surface area (Å²) in [6, 6.07) is 4.60. The average Bonchev–Trinajstić information content (AvgIpc) is 3.02. The van der Waals surface area contributed by atoms with E-state index >= 15 is 0 Å². The van der Waals surface area contributed by atoms with E-state index in [-0.39, 0.29) is 15.8 Å². The molecule has 24 heavy (non-hydrogen) atoms. The van der Waals surface area contributed by atoms with Crippen molar-refractivity contribution in [2.75, 3.05) is 18.4 Å². The number of sulfonamides is 1. The van der Waals surface area contributed by atoms with Gasteiger partial charge in [-0.25, -0.2) is 8.42 Å². The normalized spacial score (nSPS) is 15.8. The molecule has 0 unspecified atom stereocenters. The van der Waals surface area contributed by atoms with E-state index in [4.69, 9.17) is 11.6 Å². The standard InChI is InChI=1S/C17H25ClN2O3S/c1-3-20(4-2)24(22,23)16-12-14(9-10-15(16)18)19-17(21)11-13-7-5-6-8-13/h9-10,12-13H,3-8,11H2,1-2H3,(H,19,21). The number of amides is 1. The monoisotopic (exact) mass is 372 g/mol. The molecule has 0 atom stereocenters. The minimum atomic E-state index is -3.66. The highest BCUT2D eigenvalue weighted by Gasteiger charge is 2.25. The van der Waals surface area contributed by atoms with Crippen LogP contribution in [0.5, 0.6) is 0 Å². The molecular formula is C17H25ClN2O3S. The van der Waals surface area contributed by atoms with E-state index in [1.165, 1.54) is 29.3 Å². The first-order valence-electron chi connectivity index (χ1n) is 8.48. The van der Waals surface area contributed by atoms with Gasteiger partial charge in [-0.3, -0.25) is 4.79 Å². The molecule has 1 aliphatic carbocycles. The van der Waals surface area contributed by atoms with Gasteiger partial charge in [-0.05, 0) is 37.0 Å². The smallest absolute Gasteiger partial charge is 0.244 e. The third kappa shape index (κ3) is 4.49. The lowest BCUT2D eigenvalue weighted by Crippen LogP contribution is -2.30. The number of halogens is 1. The van der Waals surface area contributed by atoms with Gasteiger partial charge in [-0.15, -0.1) is 0 Å². The third-order valence-corrected chi connectivity index (χ3v) is 7.02. The largest absolute Gasteiger partial charge is 0.326 e. The van der Waals surface area contributed by atoms with E-state index < -0.39 is 10.0 Å². The van der Waals surface area contributed by atoms with Crippen LogP contribution in [0.2, 0.25) is 5.02 Å². The number of carbonyl (C=O) groups excluding carboxylic acids is 1. The maximum Gasteiger partial charge on any atom is 0.244 e. The molecule has 0 heterocycles. The van der Waals surface area contributed by atoms with Crippen molar-refractivity contribution in [1.82, 2.24) is 4.31 Å². The second kappa shape index (κ2) is 8.32. The van der Waals surface area contributed by atoms with Gasteiger partial charge in [0.2, 0.25) is 15.9 Å². The van der Waals surface area contributed by atoms with Crippen molar-refractivity contribution in [2.24, 2.45) is 5.92 Å². The number of carbonyl (C=O) groups is 1. The minimum Gasteiger partial charge on any atom is -0.326 e. The van der Waals surface area contributed by atoms with Crippen LogP contribution in [0.3, 0.4) is 0 Å². The summed E-state index contributed by atoms with van der Waals surface area (Å²) in [7, 11) is -3.66. The van der Waals surface area contributed by atoms with Crippen molar-refractivity contribution >= 4 is 33.2 Å². The first-order valence-corrected chi connectivity index (χ1v) is 10.3. The van der Waals surface area contributed by atoms with E-state index in [9.17, 15) is 13.2 Å². The van der Waals surface area contributed by atoms with Crippen molar-refractivity contribution in [3.63, 3.8) is 0 Å². The van der Waals surface area contributed by atoms with Gasteiger partial charge in [0.05, 0.1) is 5.02 Å². The van der Waals surface area contributed by atoms with Gasteiger partial charge < -0.3 is 5.32 Å². The summed E-state index contributed by atoms with van der Waals surface area (Å²) in [5.74, 6) is 0.367. The van der Waals surface area contributed by atoms with Crippen LogP contribution in [0.15, 0.2) is 23.1 Å². The lowest BCUT2D eigenvalue weighted by molar-refractivity contribution is -0.117. The minimum absolute atomic E-state index is 0.0338. The van der Waals surface area contributed by atoms with Crippen LogP contribution in [0, 0.1) is 5.92 Å². The molecular weight excluding hydrogens is 348 g/mol. The quantitative estimate of drug-likeness (QED) is 0.789. The molecule has 5 nitrogen and oxygen atoms in total. The molecule has 0 aromatic heterocycles. The summed E-state index contributed by atoms with van der Waals surface area (Å²) in [4.78, 5) is 12.2. The zero-order valence-electron chi connectivity index (χ0n) is 14.2. The predicted molar refractivity (Wildman–Crippen MR) is 96.8 cm³/mol. The SMILES string of the molecule is CCN(CC)S(=O)(=O)c1cc(NC(=O)CC2CCCC2)ccc1Cl. The number of hydrogen-bond acceptors (Lipinski definition) is 3. The van der Waals surface area contributed by atoms with Crippen molar-refractivity contribution in [3.8, 4) is 0 Å². The van der Waals surface area contributed by atoms with Gasteiger partial charge in [0.25, 0.3) is 0 Å². The Balaban J connectivity index is 2.17. The lowest BCUT2D eigenvalue weighted by Gasteiger charge is -2.20. The Hall–Kier alpha value is -1.11. The second-order valence-corrected chi connectivity index (χ2v) is 8.45. The average molecular weight is 373 g/mol. The first-order chi connectivity index (χ1) is 11.4. The number of nitrogens with zero attached hydrogens (tertiary/aromatic N) is 1. The van der Waals surface area contributed by atoms with Crippen LogP contribution in [0.1, 0.15) is 46.0 Å². The Morgan fingerprint density at radius 1 is 1.25 bits per heavy atom. The Morgan fingerprint density at radius 2 is 1.88 bits per heavy atom. The molecule has 0 radical (unpaired) electrons. The summed E-state index contributed by atoms with van der Waals surface area (Å²) < 4.78 is 26.7. The topological polar surface area (TPSA) is 66.5 Å². The number of hydrogen-bond donors (Lipinski definition) is 1. The van der Waals surface area contributed by atoms with Gasteiger partial charge >= 0.3 is 0 Å². The molecule has 0 saturated heterocycles. The van der Waals surface area contributed by atoms with Crippen LogP contribution < -0.4 is 5.32 Å². The Kier molecular flexibility index (Phi) is 6.66. The van der Waals surface area contributed by atoms with E-state index in [0.29, 0.717) is 31.1 Å². The highest BCUT2D eigenvalue weighted by atomic mass is 35.5. The number of benzene rings is 1. The zero-order chi connectivity index (χ0) is 17.7. The molecule has 1 aliphatic rings. The number of anilines is 1. The van der Waals surface area contributed by atoms with Crippen molar-refractivity contribution < 1.29 is 13.2 Å². The van der Waals surface area contributed by atoms with Gasteiger partial charge in [-0.2, -0.15) is 4.31 Å².